The largest absolute Gasteiger partial charge is 0.381 e. The lowest BCUT2D eigenvalue weighted by atomic mass is 9.92. The van der Waals surface area contributed by atoms with Crippen LogP contribution in [0.25, 0.3) is 0 Å². The minimum atomic E-state index is 0.718. The first-order valence-corrected chi connectivity index (χ1v) is 6.76. The minimum Gasteiger partial charge on any atom is -0.381 e. The van der Waals surface area contributed by atoms with Gasteiger partial charge in [0.05, 0.1) is 6.61 Å². The van der Waals surface area contributed by atoms with Crippen molar-refractivity contribution in [1.82, 2.24) is 10.2 Å². The molecule has 3 unspecified atom stereocenters. The summed E-state index contributed by atoms with van der Waals surface area (Å²) in [6.45, 7) is 7.89. The Hall–Kier alpha value is -0.120. The van der Waals surface area contributed by atoms with Crippen LogP contribution >= 0.6 is 0 Å². The van der Waals surface area contributed by atoms with Crippen molar-refractivity contribution in [2.75, 3.05) is 39.9 Å². The van der Waals surface area contributed by atoms with Crippen molar-refractivity contribution in [2.45, 2.75) is 32.2 Å². The number of hydrogen-bond donors (Lipinski definition) is 1. The first-order chi connectivity index (χ1) is 7.77. The van der Waals surface area contributed by atoms with Gasteiger partial charge in [-0.05, 0) is 44.7 Å². The van der Waals surface area contributed by atoms with Gasteiger partial charge < -0.3 is 15.0 Å². The Bertz CT molecular complexity index is 204. The lowest BCUT2D eigenvalue weighted by Gasteiger charge is -2.38. The minimum absolute atomic E-state index is 0.718. The Morgan fingerprint density at radius 3 is 2.94 bits per heavy atom. The van der Waals surface area contributed by atoms with E-state index in [1.807, 2.05) is 0 Å². The number of rotatable bonds is 3. The fourth-order valence-electron chi connectivity index (χ4n) is 3.06. The SMILES string of the molecule is CC1CCNCC1N(C)CC1CCCOC1. The molecule has 0 aromatic rings. The fraction of sp³-hybridized carbons (Fsp3) is 1.00. The van der Waals surface area contributed by atoms with E-state index in [1.165, 1.54) is 32.4 Å². The van der Waals surface area contributed by atoms with Gasteiger partial charge in [-0.2, -0.15) is 0 Å². The summed E-state index contributed by atoms with van der Waals surface area (Å²) in [5.74, 6) is 1.59. The number of nitrogens with zero attached hydrogens (tertiary/aromatic N) is 1. The van der Waals surface area contributed by atoms with Crippen molar-refractivity contribution in [1.29, 1.82) is 0 Å². The van der Waals surface area contributed by atoms with Gasteiger partial charge >= 0.3 is 0 Å². The summed E-state index contributed by atoms with van der Waals surface area (Å²) in [5, 5.41) is 3.51. The molecule has 2 heterocycles. The second-order valence-corrected chi connectivity index (χ2v) is 5.56. The summed E-state index contributed by atoms with van der Waals surface area (Å²) in [6, 6.07) is 0.718. The third-order valence-corrected chi connectivity index (χ3v) is 4.15. The molecule has 2 rings (SSSR count). The van der Waals surface area contributed by atoms with Gasteiger partial charge in [-0.1, -0.05) is 6.92 Å². The molecule has 0 radical (unpaired) electrons. The molecule has 0 spiro atoms. The highest BCUT2D eigenvalue weighted by Gasteiger charge is 2.26. The van der Waals surface area contributed by atoms with Gasteiger partial charge in [0.15, 0.2) is 0 Å². The van der Waals surface area contributed by atoms with Crippen LogP contribution in [0.5, 0.6) is 0 Å². The zero-order chi connectivity index (χ0) is 11.4. The van der Waals surface area contributed by atoms with E-state index in [0.717, 1.165) is 37.6 Å². The summed E-state index contributed by atoms with van der Waals surface area (Å²) in [6.07, 6.45) is 3.91. The van der Waals surface area contributed by atoms with Crippen LogP contribution in [0.1, 0.15) is 26.2 Å². The van der Waals surface area contributed by atoms with Crippen molar-refractivity contribution >= 4 is 0 Å². The summed E-state index contributed by atoms with van der Waals surface area (Å²) in [4.78, 5) is 2.55. The molecular weight excluding hydrogens is 200 g/mol. The molecule has 3 heteroatoms. The van der Waals surface area contributed by atoms with Gasteiger partial charge in [-0.15, -0.1) is 0 Å². The van der Waals surface area contributed by atoms with E-state index in [-0.39, 0.29) is 0 Å². The molecule has 3 atom stereocenters. The third-order valence-electron chi connectivity index (χ3n) is 4.15. The molecule has 0 saturated carbocycles. The van der Waals surface area contributed by atoms with Crippen molar-refractivity contribution < 1.29 is 4.74 Å². The van der Waals surface area contributed by atoms with Gasteiger partial charge in [0.2, 0.25) is 0 Å². The molecule has 3 nitrogen and oxygen atoms in total. The maximum Gasteiger partial charge on any atom is 0.0506 e. The van der Waals surface area contributed by atoms with E-state index in [9.17, 15) is 0 Å². The standard InChI is InChI=1S/C13H26N2O/c1-11-5-6-14-8-13(11)15(2)9-12-4-3-7-16-10-12/h11-14H,3-10H2,1-2H3. The van der Waals surface area contributed by atoms with Gasteiger partial charge in [0.25, 0.3) is 0 Å². The summed E-state index contributed by atoms with van der Waals surface area (Å²) in [5.41, 5.74) is 0. The number of nitrogens with one attached hydrogen (secondary N) is 1. The molecule has 2 aliphatic rings. The zero-order valence-electron chi connectivity index (χ0n) is 10.7. The molecular formula is C13H26N2O. The number of likely N-dealkylation sites (N-methyl/N-ethyl adjacent to an activating group) is 1. The van der Waals surface area contributed by atoms with E-state index >= 15 is 0 Å². The van der Waals surface area contributed by atoms with Crippen LogP contribution in [0, 0.1) is 11.8 Å². The third kappa shape index (κ3) is 3.19. The average molecular weight is 226 g/mol. The number of piperidine rings is 1. The lowest BCUT2D eigenvalue weighted by molar-refractivity contribution is 0.0291. The number of hydrogen-bond acceptors (Lipinski definition) is 3. The highest BCUT2D eigenvalue weighted by Crippen LogP contribution is 2.20. The Labute approximate surface area is 99.5 Å². The molecule has 0 aliphatic carbocycles. The average Bonchev–Trinajstić information content (AvgIpc) is 2.31. The molecule has 2 saturated heterocycles. The van der Waals surface area contributed by atoms with Crippen LogP contribution in [0.15, 0.2) is 0 Å². The maximum atomic E-state index is 5.55. The van der Waals surface area contributed by atoms with Crippen molar-refractivity contribution in [3.8, 4) is 0 Å². The molecule has 0 aromatic heterocycles. The van der Waals surface area contributed by atoms with Gasteiger partial charge in [0.1, 0.15) is 0 Å². The van der Waals surface area contributed by atoms with Crippen molar-refractivity contribution in [3.63, 3.8) is 0 Å². The fourth-order valence-corrected chi connectivity index (χ4v) is 3.06. The van der Waals surface area contributed by atoms with E-state index in [4.69, 9.17) is 4.74 Å². The predicted molar refractivity (Wildman–Crippen MR) is 66.6 cm³/mol. The van der Waals surface area contributed by atoms with E-state index in [1.54, 1.807) is 0 Å². The first kappa shape index (κ1) is 12.3. The second-order valence-electron chi connectivity index (χ2n) is 5.56. The van der Waals surface area contributed by atoms with E-state index in [2.05, 4.69) is 24.2 Å². The quantitative estimate of drug-likeness (QED) is 0.786. The highest BCUT2D eigenvalue weighted by molar-refractivity contribution is 4.83. The Morgan fingerprint density at radius 1 is 1.38 bits per heavy atom. The normalized spacial score (nSPS) is 36.6. The topological polar surface area (TPSA) is 24.5 Å². The first-order valence-electron chi connectivity index (χ1n) is 6.76. The van der Waals surface area contributed by atoms with Gasteiger partial charge in [0, 0.05) is 25.7 Å². The lowest BCUT2D eigenvalue weighted by Crippen LogP contribution is -2.50. The Morgan fingerprint density at radius 2 is 2.25 bits per heavy atom. The van der Waals surface area contributed by atoms with Crippen LogP contribution < -0.4 is 5.32 Å². The Kier molecular flexibility index (Phi) is 4.62. The number of ether oxygens (including phenoxy) is 1. The predicted octanol–water partition coefficient (Wildman–Crippen LogP) is 1.34. The molecule has 1 N–H and O–H groups in total. The van der Waals surface area contributed by atoms with Gasteiger partial charge in [-0.25, -0.2) is 0 Å². The van der Waals surface area contributed by atoms with E-state index in [0.29, 0.717) is 0 Å². The molecule has 0 bridgehead atoms. The monoisotopic (exact) mass is 226 g/mol. The molecule has 16 heavy (non-hydrogen) atoms. The molecule has 94 valence electrons. The van der Waals surface area contributed by atoms with Crippen LogP contribution in [0.4, 0.5) is 0 Å². The Balaban J connectivity index is 1.78. The van der Waals surface area contributed by atoms with Gasteiger partial charge in [-0.3, -0.25) is 0 Å². The second kappa shape index (κ2) is 5.99. The summed E-state index contributed by atoms with van der Waals surface area (Å²) < 4.78 is 5.55. The molecule has 0 aromatic carbocycles. The van der Waals surface area contributed by atoms with Crippen LogP contribution in [0.3, 0.4) is 0 Å². The smallest absolute Gasteiger partial charge is 0.0506 e. The summed E-state index contributed by atoms with van der Waals surface area (Å²) >= 11 is 0. The highest BCUT2D eigenvalue weighted by atomic mass is 16.5. The summed E-state index contributed by atoms with van der Waals surface area (Å²) in [7, 11) is 2.28. The van der Waals surface area contributed by atoms with Crippen LogP contribution in [-0.4, -0.2) is 50.8 Å². The molecule has 2 aliphatic heterocycles. The van der Waals surface area contributed by atoms with Crippen LogP contribution in [0.2, 0.25) is 0 Å². The van der Waals surface area contributed by atoms with Crippen molar-refractivity contribution in [3.05, 3.63) is 0 Å². The van der Waals surface area contributed by atoms with E-state index < -0.39 is 0 Å². The zero-order valence-corrected chi connectivity index (χ0v) is 10.7. The van der Waals surface area contributed by atoms with Crippen LogP contribution in [-0.2, 0) is 4.74 Å². The van der Waals surface area contributed by atoms with Crippen molar-refractivity contribution in [2.24, 2.45) is 11.8 Å². The molecule has 2 fully saturated rings. The maximum absolute atomic E-state index is 5.55. The molecule has 0 amide bonds.